The van der Waals surface area contributed by atoms with Crippen LogP contribution in [0.3, 0.4) is 0 Å². The van der Waals surface area contributed by atoms with Gasteiger partial charge in [-0.3, -0.25) is 4.79 Å². The summed E-state index contributed by atoms with van der Waals surface area (Å²) in [7, 11) is 4.64. The Labute approximate surface area is 168 Å². The van der Waals surface area contributed by atoms with Gasteiger partial charge in [0.15, 0.2) is 11.5 Å². The van der Waals surface area contributed by atoms with E-state index in [1.165, 1.54) is 0 Å². The largest absolute Gasteiger partial charge is 0.493 e. The highest BCUT2D eigenvalue weighted by Crippen LogP contribution is 2.38. The quantitative estimate of drug-likeness (QED) is 0.593. The summed E-state index contributed by atoms with van der Waals surface area (Å²) in [6.07, 6.45) is 0.599. The molecule has 0 atom stereocenters. The topological polar surface area (TPSA) is 95.7 Å². The van der Waals surface area contributed by atoms with Crippen LogP contribution in [0.2, 0.25) is 0 Å². The third-order valence-corrected chi connectivity index (χ3v) is 4.28. The number of rotatable bonds is 9. The minimum Gasteiger partial charge on any atom is -0.493 e. The number of hydrogen-bond donors (Lipinski definition) is 1. The number of aromatic nitrogens is 2. The maximum Gasteiger partial charge on any atom is 0.227 e. The lowest BCUT2D eigenvalue weighted by atomic mass is 10.1. The van der Waals surface area contributed by atoms with Gasteiger partial charge in [-0.15, -0.1) is 0 Å². The molecule has 3 aromatic rings. The summed E-state index contributed by atoms with van der Waals surface area (Å²) in [5.41, 5.74) is 1.70. The molecule has 1 N–H and O–H groups in total. The maximum atomic E-state index is 12.2. The Bertz CT molecular complexity index is 931. The number of benzene rings is 2. The summed E-state index contributed by atoms with van der Waals surface area (Å²) in [4.78, 5) is 16.5. The Balaban J connectivity index is 1.55. The summed E-state index contributed by atoms with van der Waals surface area (Å²) >= 11 is 0. The number of carbonyl (C=O) groups is 1. The average molecular weight is 397 g/mol. The second-order valence-electron chi connectivity index (χ2n) is 6.19. The molecule has 152 valence electrons. The van der Waals surface area contributed by atoms with Crippen molar-refractivity contribution in [2.24, 2.45) is 0 Å². The van der Waals surface area contributed by atoms with Crippen LogP contribution in [-0.4, -0.2) is 37.4 Å². The Morgan fingerprint density at radius 3 is 2.34 bits per heavy atom. The van der Waals surface area contributed by atoms with E-state index in [-0.39, 0.29) is 12.3 Å². The molecule has 2 aromatic carbocycles. The second-order valence-corrected chi connectivity index (χ2v) is 6.19. The first kappa shape index (κ1) is 20.2. The zero-order valence-corrected chi connectivity index (χ0v) is 16.6. The lowest BCUT2D eigenvalue weighted by Gasteiger charge is -2.14. The van der Waals surface area contributed by atoms with Gasteiger partial charge >= 0.3 is 0 Å². The fourth-order valence-corrected chi connectivity index (χ4v) is 2.81. The van der Waals surface area contributed by atoms with Crippen LogP contribution in [-0.2, 0) is 17.8 Å². The predicted octanol–water partition coefficient (Wildman–Crippen LogP) is 3.01. The molecule has 0 saturated heterocycles. The zero-order valence-electron chi connectivity index (χ0n) is 16.6. The summed E-state index contributed by atoms with van der Waals surface area (Å²) < 4.78 is 21.2. The van der Waals surface area contributed by atoms with E-state index in [0.717, 1.165) is 11.1 Å². The van der Waals surface area contributed by atoms with Gasteiger partial charge in [-0.05, 0) is 17.7 Å². The SMILES string of the molecule is COc1cc(CNC(=O)CCc2nc(-c3ccccc3)no2)cc(OC)c1OC. The predicted molar refractivity (Wildman–Crippen MR) is 106 cm³/mol. The Kier molecular flexibility index (Phi) is 6.67. The van der Waals surface area contributed by atoms with E-state index in [9.17, 15) is 4.79 Å². The van der Waals surface area contributed by atoms with Crippen molar-refractivity contribution >= 4 is 5.91 Å². The van der Waals surface area contributed by atoms with Gasteiger partial charge in [-0.25, -0.2) is 0 Å². The molecular weight excluding hydrogens is 374 g/mol. The molecule has 0 aliphatic carbocycles. The van der Waals surface area contributed by atoms with Crippen molar-refractivity contribution in [3.05, 3.63) is 53.9 Å². The van der Waals surface area contributed by atoms with Crippen LogP contribution in [0.25, 0.3) is 11.4 Å². The molecule has 0 radical (unpaired) electrons. The molecular formula is C21H23N3O5. The van der Waals surface area contributed by atoms with E-state index >= 15 is 0 Å². The monoisotopic (exact) mass is 397 g/mol. The van der Waals surface area contributed by atoms with Gasteiger partial charge in [0.05, 0.1) is 21.3 Å². The third-order valence-electron chi connectivity index (χ3n) is 4.28. The summed E-state index contributed by atoms with van der Waals surface area (Å²) in [5, 5.41) is 6.82. The highest BCUT2D eigenvalue weighted by Gasteiger charge is 2.14. The normalized spacial score (nSPS) is 10.4. The van der Waals surface area contributed by atoms with Gasteiger partial charge < -0.3 is 24.1 Å². The van der Waals surface area contributed by atoms with E-state index < -0.39 is 0 Å². The molecule has 1 aromatic heterocycles. The van der Waals surface area contributed by atoms with Crippen molar-refractivity contribution in [1.82, 2.24) is 15.5 Å². The van der Waals surface area contributed by atoms with Crippen LogP contribution in [0.5, 0.6) is 17.2 Å². The zero-order chi connectivity index (χ0) is 20.6. The molecule has 0 aliphatic rings. The van der Waals surface area contributed by atoms with Gasteiger partial charge in [-0.2, -0.15) is 4.98 Å². The van der Waals surface area contributed by atoms with Crippen LogP contribution in [0.4, 0.5) is 0 Å². The van der Waals surface area contributed by atoms with E-state index in [0.29, 0.717) is 41.9 Å². The Morgan fingerprint density at radius 2 is 1.72 bits per heavy atom. The standard InChI is InChI=1S/C21H23N3O5/c1-26-16-11-14(12-17(27-2)20(16)28-3)13-22-18(25)9-10-19-23-21(24-29-19)15-7-5-4-6-8-15/h4-8,11-12H,9-10,13H2,1-3H3,(H,22,25). The molecule has 3 rings (SSSR count). The van der Waals surface area contributed by atoms with Crippen molar-refractivity contribution in [3.8, 4) is 28.6 Å². The van der Waals surface area contributed by atoms with Crippen molar-refractivity contribution in [2.75, 3.05) is 21.3 Å². The van der Waals surface area contributed by atoms with Gasteiger partial charge in [0.1, 0.15) is 0 Å². The number of aryl methyl sites for hydroxylation is 1. The van der Waals surface area contributed by atoms with E-state index in [2.05, 4.69) is 15.5 Å². The number of nitrogens with one attached hydrogen (secondary N) is 1. The average Bonchev–Trinajstić information content (AvgIpc) is 3.25. The molecule has 0 fully saturated rings. The lowest BCUT2D eigenvalue weighted by Crippen LogP contribution is -2.23. The number of ether oxygens (including phenoxy) is 3. The number of nitrogens with zero attached hydrogens (tertiary/aromatic N) is 2. The summed E-state index contributed by atoms with van der Waals surface area (Å²) in [6.45, 7) is 0.328. The molecule has 0 bridgehead atoms. The van der Waals surface area contributed by atoms with Gasteiger partial charge in [0.25, 0.3) is 0 Å². The highest BCUT2D eigenvalue weighted by atomic mass is 16.5. The minimum absolute atomic E-state index is 0.127. The third kappa shape index (κ3) is 5.04. The fraction of sp³-hybridized carbons (Fsp3) is 0.286. The molecule has 8 nitrogen and oxygen atoms in total. The van der Waals surface area contributed by atoms with Crippen LogP contribution < -0.4 is 19.5 Å². The van der Waals surface area contributed by atoms with E-state index in [1.807, 2.05) is 30.3 Å². The first-order valence-corrected chi connectivity index (χ1v) is 9.08. The van der Waals surface area contributed by atoms with Crippen LogP contribution in [0.1, 0.15) is 17.9 Å². The number of amides is 1. The second kappa shape index (κ2) is 9.59. The first-order chi connectivity index (χ1) is 14.1. The van der Waals surface area contributed by atoms with Crippen molar-refractivity contribution in [3.63, 3.8) is 0 Å². The van der Waals surface area contributed by atoms with E-state index in [1.54, 1.807) is 33.5 Å². The number of carbonyl (C=O) groups excluding carboxylic acids is 1. The van der Waals surface area contributed by atoms with Crippen molar-refractivity contribution in [2.45, 2.75) is 19.4 Å². The highest BCUT2D eigenvalue weighted by molar-refractivity contribution is 5.76. The molecule has 0 aliphatic heterocycles. The Morgan fingerprint density at radius 1 is 1.03 bits per heavy atom. The molecule has 1 heterocycles. The molecule has 1 amide bonds. The van der Waals surface area contributed by atoms with E-state index in [4.69, 9.17) is 18.7 Å². The smallest absolute Gasteiger partial charge is 0.227 e. The van der Waals surface area contributed by atoms with Gasteiger partial charge in [0.2, 0.25) is 23.4 Å². The molecule has 29 heavy (non-hydrogen) atoms. The molecule has 0 spiro atoms. The summed E-state index contributed by atoms with van der Waals surface area (Å²) in [6, 6.07) is 13.1. The van der Waals surface area contributed by atoms with Crippen LogP contribution in [0.15, 0.2) is 47.0 Å². The van der Waals surface area contributed by atoms with Gasteiger partial charge in [-0.1, -0.05) is 35.5 Å². The van der Waals surface area contributed by atoms with Crippen molar-refractivity contribution in [1.29, 1.82) is 0 Å². The number of methoxy groups -OCH3 is 3. The first-order valence-electron chi connectivity index (χ1n) is 9.08. The molecule has 0 saturated carbocycles. The maximum absolute atomic E-state index is 12.2. The van der Waals surface area contributed by atoms with Crippen LogP contribution in [0, 0.1) is 0 Å². The molecule has 0 unspecified atom stereocenters. The number of hydrogen-bond acceptors (Lipinski definition) is 7. The van der Waals surface area contributed by atoms with Crippen molar-refractivity contribution < 1.29 is 23.5 Å². The fourth-order valence-electron chi connectivity index (χ4n) is 2.81. The van der Waals surface area contributed by atoms with Gasteiger partial charge in [0, 0.05) is 24.9 Å². The minimum atomic E-state index is -0.127. The van der Waals surface area contributed by atoms with Crippen LogP contribution >= 0.6 is 0 Å². The lowest BCUT2D eigenvalue weighted by molar-refractivity contribution is -0.121. The summed E-state index contributed by atoms with van der Waals surface area (Å²) in [5.74, 6) is 2.39. The molecule has 8 heteroatoms. The Hall–Kier alpha value is -3.55.